The summed E-state index contributed by atoms with van der Waals surface area (Å²) in [6, 6.07) is 25.6. The highest BCUT2D eigenvalue weighted by Crippen LogP contribution is 2.27. The predicted molar refractivity (Wildman–Crippen MR) is 135 cm³/mol. The molecule has 34 heavy (non-hydrogen) atoms. The van der Waals surface area contributed by atoms with Crippen molar-refractivity contribution in [2.24, 2.45) is 5.92 Å². The third-order valence-electron chi connectivity index (χ3n) is 6.60. The Kier molecular flexibility index (Phi) is 7.87. The number of aromatic nitrogens is 1. The van der Waals surface area contributed by atoms with Crippen LogP contribution < -0.4 is 0 Å². The van der Waals surface area contributed by atoms with Crippen molar-refractivity contribution < 1.29 is 9.59 Å². The van der Waals surface area contributed by atoms with E-state index in [1.54, 1.807) is 18.3 Å². The van der Waals surface area contributed by atoms with Crippen LogP contribution in [-0.4, -0.2) is 52.8 Å². The van der Waals surface area contributed by atoms with Crippen LogP contribution in [-0.2, 0) is 11.2 Å². The minimum Gasteiger partial charge on any atom is -0.339 e. The average molecular weight is 454 g/mol. The van der Waals surface area contributed by atoms with Crippen molar-refractivity contribution in [2.45, 2.75) is 25.3 Å². The molecule has 1 aromatic heterocycles. The zero-order valence-electron chi connectivity index (χ0n) is 19.6. The molecule has 1 unspecified atom stereocenters. The Hall–Kier alpha value is -3.73. The van der Waals surface area contributed by atoms with Crippen molar-refractivity contribution in [1.29, 1.82) is 0 Å². The van der Waals surface area contributed by atoms with Gasteiger partial charge in [-0.3, -0.25) is 14.6 Å². The van der Waals surface area contributed by atoms with E-state index in [2.05, 4.69) is 17.1 Å². The molecule has 2 heterocycles. The van der Waals surface area contributed by atoms with Gasteiger partial charge in [-0.1, -0.05) is 66.7 Å². The first-order valence-electron chi connectivity index (χ1n) is 11.9. The van der Waals surface area contributed by atoms with E-state index in [4.69, 9.17) is 0 Å². The largest absolute Gasteiger partial charge is 0.339 e. The number of piperidine rings is 1. The predicted octanol–water partition coefficient (Wildman–Crippen LogP) is 4.72. The first-order chi connectivity index (χ1) is 16.6. The van der Waals surface area contributed by atoms with Gasteiger partial charge in [-0.05, 0) is 54.5 Å². The Labute approximate surface area is 201 Å². The van der Waals surface area contributed by atoms with Gasteiger partial charge in [0.15, 0.2) is 0 Å². The van der Waals surface area contributed by atoms with Crippen LogP contribution in [0.2, 0.25) is 0 Å². The molecule has 174 valence electrons. The fourth-order valence-electron chi connectivity index (χ4n) is 4.64. The maximum absolute atomic E-state index is 13.2. The highest BCUT2D eigenvalue weighted by Gasteiger charge is 2.33. The van der Waals surface area contributed by atoms with Crippen LogP contribution in [0.25, 0.3) is 6.08 Å². The van der Waals surface area contributed by atoms with Gasteiger partial charge in [0.2, 0.25) is 5.91 Å². The minimum absolute atomic E-state index is 0.0361. The normalized spacial score (nSPS) is 15.3. The first-order valence-corrected chi connectivity index (χ1v) is 11.9. The van der Waals surface area contributed by atoms with Crippen molar-refractivity contribution in [2.75, 3.05) is 20.1 Å². The Morgan fingerprint density at radius 2 is 1.62 bits per heavy atom. The lowest BCUT2D eigenvalue weighted by atomic mass is 9.84. The second kappa shape index (κ2) is 11.4. The van der Waals surface area contributed by atoms with Gasteiger partial charge in [-0.15, -0.1) is 0 Å². The van der Waals surface area contributed by atoms with Gasteiger partial charge in [0, 0.05) is 38.5 Å². The summed E-state index contributed by atoms with van der Waals surface area (Å²) in [7, 11) is 1.88. The van der Waals surface area contributed by atoms with Gasteiger partial charge in [0.05, 0.1) is 0 Å². The number of pyridine rings is 1. The summed E-state index contributed by atoms with van der Waals surface area (Å²) >= 11 is 0. The molecule has 1 saturated heterocycles. The maximum atomic E-state index is 13.2. The van der Waals surface area contributed by atoms with Crippen LogP contribution in [0.3, 0.4) is 0 Å². The fourth-order valence-corrected chi connectivity index (χ4v) is 4.64. The number of rotatable bonds is 7. The molecule has 2 amide bonds. The molecule has 0 N–H and O–H groups in total. The van der Waals surface area contributed by atoms with Crippen molar-refractivity contribution in [3.8, 4) is 0 Å². The second-order valence-corrected chi connectivity index (χ2v) is 8.79. The zero-order chi connectivity index (χ0) is 23.8. The molecule has 1 aliphatic heterocycles. The molecule has 2 aromatic carbocycles. The Bertz CT molecular complexity index is 1090. The number of amides is 2. The van der Waals surface area contributed by atoms with Gasteiger partial charge in [0.25, 0.3) is 5.91 Å². The van der Waals surface area contributed by atoms with Crippen LogP contribution in [0.5, 0.6) is 0 Å². The lowest BCUT2D eigenvalue weighted by Gasteiger charge is -2.40. The van der Waals surface area contributed by atoms with Gasteiger partial charge in [-0.2, -0.15) is 0 Å². The van der Waals surface area contributed by atoms with Crippen molar-refractivity contribution in [3.05, 3.63) is 108 Å². The Balaban J connectivity index is 1.44. The molecule has 0 bridgehead atoms. The highest BCUT2D eigenvalue weighted by atomic mass is 16.2. The SMILES string of the molecule is CN(C(=O)c1ccccn1)C(Cc1ccccc1)C1CCN(C(=O)/C=C/c2ccccc2)CC1. The molecular formula is C29H31N3O2. The number of likely N-dealkylation sites (N-methyl/N-ethyl adjacent to an activating group) is 1. The molecule has 0 radical (unpaired) electrons. The van der Waals surface area contributed by atoms with Crippen LogP contribution in [0, 0.1) is 5.92 Å². The number of carbonyl (C=O) groups excluding carboxylic acids is 2. The molecule has 0 spiro atoms. The van der Waals surface area contributed by atoms with Crippen LogP contribution in [0.1, 0.15) is 34.5 Å². The van der Waals surface area contributed by atoms with E-state index in [-0.39, 0.29) is 17.9 Å². The summed E-state index contributed by atoms with van der Waals surface area (Å²) in [6.45, 7) is 1.39. The van der Waals surface area contributed by atoms with E-state index >= 15 is 0 Å². The summed E-state index contributed by atoms with van der Waals surface area (Å²) in [5, 5.41) is 0. The molecule has 0 saturated carbocycles. The van der Waals surface area contributed by atoms with Crippen LogP contribution in [0.15, 0.2) is 91.1 Å². The number of hydrogen-bond donors (Lipinski definition) is 0. The molecule has 5 heteroatoms. The first kappa shape index (κ1) is 23.4. The summed E-state index contributed by atoms with van der Waals surface area (Å²) in [5.41, 5.74) is 2.68. The second-order valence-electron chi connectivity index (χ2n) is 8.79. The van der Waals surface area contributed by atoms with Crippen LogP contribution >= 0.6 is 0 Å². The van der Waals surface area contributed by atoms with Crippen molar-refractivity contribution >= 4 is 17.9 Å². The minimum atomic E-state index is -0.0640. The lowest BCUT2D eigenvalue weighted by Crippen LogP contribution is -2.48. The fraction of sp³-hybridized carbons (Fsp3) is 0.276. The molecular weight excluding hydrogens is 422 g/mol. The highest BCUT2D eigenvalue weighted by molar-refractivity contribution is 5.92. The van der Waals surface area contributed by atoms with Gasteiger partial charge in [-0.25, -0.2) is 0 Å². The summed E-state index contributed by atoms with van der Waals surface area (Å²) in [4.78, 5) is 34.0. The smallest absolute Gasteiger partial charge is 0.272 e. The van der Waals surface area contributed by atoms with E-state index < -0.39 is 0 Å². The topological polar surface area (TPSA) is 53.5 Å². The maximum Gasteiger partial charge on any atom is 0.272 e. The summed E-state index contributed by atoms with van der Waals surface area (Å²) < 4.78 is 0. The number of likely N-dealkylation sites (tertiary alicyclic amines) is 1. The molecule has 5 nitrogen and oxygen atoms in total. The number of hydrogen-bond acceptors (Lipinski definition) is 3. The molecule has 1 fully saturated rings. The molecule has 0 aliphatic carbocycles. The molecule has 1 aliphatic rings. The van der Waals surface area contributed by atoms with E-state index in [1.165, 1.54) is 5.56 Å². The summed E-state index contributed by atoms with van der Waals surface area (Å²) in [6.07, 6.45) is 7.69. The van der Waals surface area contributed by atoms with Gasteiger partial charge < -0.3 is 9.80 Å². The van der Waals surface area contributed by atoms with Crippen molar-refractivity contribution in [3.63, 3.8) is 0 Å². The number of benzene rings is 2. The lowest BCUT2D eigenvalue weighted by molar-refractivity contribution is -0.127. The van der Waals surface area contributed by atoms with E-state index in [0.29, 0.717) is 24.7 Å². The monoisotopic (exact) mass is 453 g/mol. The third kappa shape index (κ3) is 5.98. The van der Waals surface area contributed by atoms with E-state index in [1.807, 2.05) is 83.6 Å². The van der Waals surface area contributed by atoms with E-state index in [9.17, 15) is 9.59 Å². The average Bonchev–Trinajstić information content (AvgIpc) is 2.91. The van der Waals surface area contributed by atoms with Crippen LogP contribution in [0.4, 0.5) is 0 Å². The Morgan fingerprint density at radius 1 is 0.971 bits per heavy atom. The Morgan fingerprint density at radius 3 is 2.26 bits per heavy atom. The third-order valence-corrected chi connectivity index (χ3v) is 6.60. The molecule has 4 rings (SSSR count). The van der Waals surface area contributed by atoms with Crippen molar-refractivity contribution in [1.82, 2.24) is 14.8 Å². The quantitative estimate of drug-likeness (QED) is 0.487. The molecule has 3 aromatic rings. The molecule has 1 atom stereocenters. The standard InChI is InChI=1S/C29H31N3O2/c1-31(29(34)26-14-8-9-19-30-26)27(22-24-12-6-3-7-13-24)25-17-20-32(21-18-25)28(33)16-15-23-10-4-2-5-11-23/h2-16,19,25,27H,17-18,20-22H2,1H3/b16-15+. The summed E-state index contributed by atoms with van der Waals surface area (Å²) in [5.74, 6) is 0.283. The van der Waals surface area contributed by atoms with Gasteiger partial charge in [0.1, 0.15) is 5.69 Å². The number of nitrogens with zero attached hydrogens (tertiary/aromatic N) is 3. The number of carbonyl (C=O) groups is 2. The van der Waals surface area contributed by atoms with E-state index in [0.717, 1.165) is 24.8 Å². The van der Waals surface area contributed by atoms with Gasteiger partial charge >= 0.3 is 0 Å². The zero-order valence-corrected chi connectivity index (χ0v) is 19.6.